The molecule has 0 spiro atoms. The van der Waals surface area contributed by atoms with Gasteiger partial charge >= 0.3 is 11.7 Å². The molecule has 0 saturated carbocycles. The van der Waals surface area contributed by atoms with Gasteiger partial charge in [-0.25, -0.2) is 9.18 Å². The molecule has 2 rings (SSSR count). The number of carbonyl (C=O) groups is 1. The zero-order valence-electron chi connectivity index (χ0n) is 11.4. The fraction of sp³-hybridized carbons (Fsp3) is 0.133. The number of nitro benzene ring substituents is 1. The first-order valence-electron chi connectivity index (χ1n) is 6.12. The van der Waals surface area contributed by atoms with Crippen LogP contribution in [-0.4, -0.2) is 10.9 Å². The zero-order chi connectivity index (χ0) is 15.6. The Morgan fingerprint density at radius 2 is 1.86 bits per heavy atom. The maximum atomic E-state index is 13.2. The Hall–Kier alpha value is -2.76. The van der Waals surface area contributed by atoms with Crippen LogP contribution >= 0.6 is 0 Å². The standard InChI is InChI=1S/C15H12FNO4/c1-9-3-4-11(7-10(9)2)15(18)21-14-8-12(16)5-6-13(14)17(19)20/h3-8H,1-2H3. The van der Waals surface area contributed by atoms with E-state index in [4.69, 9.17) is 4.74 Å². The smallest absolute Gasteiger partial charge is 0.343 e. The number of benzene rings is 2. The van der Waals surface area contributed by atoms with Crippen LogP contribution in [0.2, 0.25) is 0 Å². The quantitative estimate of drug-likeness (QED) is 0.375. The highest BCUT2D eigenvalue weighted by Gasteiger charge is 2.20. The number of nitrogens with zero attached hydrogens (tertiary/aromatic N) is 1. The zero-order valence-corrected chi connectivity index (χ0v) is 11.4. The summed E-state index contributed by atoms with van der Waals surface area (Å²) in [7, 11) is 0. The molecule has 5 nitrogen and oxygen atoms in total. The maximum absolute atomic E-state index is 13.2. The van der Waals surface area contributed by atoms with E-state index in [1.54, 1.807) is 18.2 Å². The fourth-order valence-corrected chi connectivity index (χ4v) is 1.75. The Morgan fingerprint density at radius 3 is 2.48 bits per heavy atom. The number of aryl methyl sites for hydroxylation is 2. The van der Waals surface area contributed by atoms with Crippen LogP contribution in [-0.2, 0) is 0 Å². The van der Waals surface area contributed by atoms with Crippen LogP contribution in [0.3, 0.4) is 0 Å². The van der Waals surface area contributed by atoms with Gasteiger partial charge in [-0.1, -0.05) is 6.07 Å². The van der Waals surface area contributed by atoms with Gasteiger partial charge in [0.15, 0.2) is 0 Å². The molecule has 2 aromatic carbocycles. The van der Waals surface area contributed by atoms with Gasteiger partial charge in [-0.3, -0.25) is 10.1 Å². The minimum atomic E-state index is -0.771. The largest absolute Gasteiger partial charge is 0.415 e. The van der Waals surface area contributed by atoms with Crippen molar-refractivity contribution in [3.05, 3.63) is 69.0 Å². The highest BCUT2D eigenvalue weighted by molar-refractivity contribution is 5.91. The average Bonchev–Trinajstić information content (AvgIpc) is 2.41. The number of hydrogen-bond donors (Lipinski definition) is 0. The van der Waals surface area contributed by atoms with E-state index in [-0.39, 0.29) is 5.56 Å². The Labute approximate surface area is 120 Å². The van der Waals surface area contributed by atoms with E-state index in [1.165, 1.54) is 0 Å². The summed E-state index contributed by atoms with van der Waals surface area (Å²) < 4.78 is 18.1. The lowest BCUT2D eigenvalue weighted by Gasteiger charge is -2.07. The number of hydrogen-bond acceptors (Lipinski definition) is 4. The van der Waals surface area contributed by atoms with E-state index in [1.807, 2.05) is 13.8 Å². The fourth-order valence-electron chi connectivity index (χ4n) is 1.75. The number of nitro groups is 1. The van der Waals surface area contributed by atoms with Crippen molar-refractivity contribution < 1.29 is 18.8 Å². The lowest BCUT2D eigenvalue weighted by molar-refractivity contribution is -0.385. The number of carbonyl (C=O) groups excluding carboxylic acids is 1. The van der Waals surface area contributed by atoms with Gasteiger partial charge < -0.3 is 4.74 Å². The van der Waals surface area contributed by atoms with Crippen LogP contribution in [0, 0.1) is 29.8 Å². The van der Waals surface area contributed by atoms with Gasteiger partial charge in [0.2, 0.25) is 5.75 Å². The third kappa shape index (κ3) is 3.22. The maximum Gasteiger partial charge on any atom is 0.343 e. The van der Waals surface area contributed by atoms with Gasteiger partial charge in [0, 0.05) is 12.1 Å². The third-order valence-corrected chi connectivity index (χ3v) is 3.06. The van der Waals surface area contributed by atoms with Crippen molar-refractivity contribution in [1.29, 1.82) is 0 Å². The summed E-state index contributed by atoms with van der Waals surface area (Å²) in [6, 6.07) is 7.62. The minimum absolute atomic E-state index is 0.247. The molecule has 21 heavy (non-hydrogen) atoms. The molecule has 0 aliphatic carbocycles. The molecule has 0 aromatic heterocycles. The van der Waals surface area contributed by atoms with E-state index in [9.17, 15) is 19.3 Å². The number of halogens is 1. The minimum Gasteiger partial charge on any atom is -0.415 e. The predicted molar refractivity (Wildman–Crippen MR) is 73.9 cm³/mol. The molecule has 0 fully saturated rings. The second-order valence-corrected chi connectivity index (χ2v) is 4.56. The topological polar surface area (TPSA) is 69.4 Å². The Morgan fingerprint density at radius 1 is 1.14 bits per heavy atom. The van der Waals surface area contributed by atoms with Crippen molar-refractivity contribution in [2.75, 3.05) is 0 Å². The van der Waals surface area contributed by atoms with Gasteiger partial charge in [-0.2, -0.15) is 0 Å². The van der Waals surface area contributed by atoms with Crippen molar-refractivity contribution in [2.45, 2.75) is 13.8 Å². The highest BCUT2D eigenvalue weighted by Crippen LogP contribution is 2.28. The van der Waals surface area contributed by atoms with Gasteiger partial charge in [0.05, 0.1) is 10.5 Å². The normalized spacial score (nSPS) is 10.2. The Balaban J connectivity index is 2.33. The van der Waals surface area contributed by atoms with Crippen LogP contribution < -0.4 is 4.74 Å². The molecule has 6 heteroatoms. The molecule has 0 aliphatic heterocycles. The van der Waals surface area contributed by atoms with Crippen molar-refractivity contribution in [1.82, 2.24) is 0 Å². The molecule has 0 aliphatic rings. The molecular weight excluding hydrogens is 277 g/mol. The van der Waals surface area contributed by atoms with E-state index in [0.29, 0.717) is 0 Å². The second-order valence-electron chi connectivity index (χ2n) is 4.56. The van der Waals surface area contributed by atoms with E-state index >= 15 is 0 Å². The first kappa shape index (κ1) is 14.6. The average molecular weight is 289 g/mol. The molecule has 0 bridgehead atoms. The molecule has 0 amide bonds. The van der Waals surface area contributed by atoms with Gasteiger partial charge in [-0.15, -0.1) is 0 Å². The van der Waals surface area contributed by atoms with Crippen molar-refractivity contribution in [2.24, 2.45) is 0 Å². The summed E-state index contributed by atoms with van der Waals surface area (Å²) in [6.07, 6.45) is 0. The predicted octanol–water partition coefficient (Wildman–Crippen LogP) is 3.57. The SMILES string of the molecule is Cc1ccc(C(=O)Oc2cc(F)ccc2[N+](=O)[O-])cc1C. The van der Waals surface area contributed by atoms with Crippen molar-refractivity contribution in [3.63, 3.8) is 0 Å². The molecule has 0 unspecified atom stereocenters. The second kappa shape index (κ2) is 5.70. The first-order chi connectivity index (χ1) is 9.88. The molecule has 0 saturated heterocycles. The van der Waals surface area contributed by atoms with Gasteiger partial charge in [-0.05, 0) is 43.2 Å². The molecule has 2 aromatic rings. The van der Waals surface area contributed by atoms with E-state index in [0.717, 1.165) is 29.3 Å². The third-order valence-electron chi connectivity index (χ3n) is 3.06. The van der Waals surface area contributed by atoms with Crippen LogP contribution in [0.1, 0.15) is 21.5 Å². The number of rotatable bonds is 3. The lowest BCUT2D eigenvalue weighted by atomic mass is 10.1. The number of ether oxygens (including phenoxy) is 1. The Kier molecular flexibility index (Phi) is 3.98. The van der Waals surface area contributed by atoms with Crippen LogP contribution in [0.5, 0.6) is 5.75 Å². The molecule has 0 atom stereocenters. The van der Waals surface area contributed by atoms with E-state index < -0.39 is 28.1 Å². The first-order valence-corrected chi connectivity index (χ1v) is 6.12. The van der Waals surface area contributed by atoms with Gasteiger partial charge in [0.1, 0.15) is 5.82 Å². The highest BCUT2D eigenvalue weighted by atomic mass is 19.1. The van der Waals surface area contributed by atoms with Gasteiger partial charge in [0.25, 0.3) is 0 Å². The summed E-state index contributed by atoms with van der Waals surface area (Å²) in [5.74, 6) is -1.90. The van der Waals surface area contributed by atoms with Crippen molar-refractivity contribution in [3.8, 4) is 5.75 Å². The summed E-state index contributed by atoms with van der Waals surface area (Å²) in [4.78, 5) is 22.1. The van der Waals surface area contributed by atoms with Crippen LogP contribution in [0.15, 0.2) is 36.4 Å². The van der Waals surface area contributed by atoms with Crippen LogP contribution in [0.25, 0.3) is 0 Å². The summed E-state index contributed by atoms with van der Waals surface area (Å²) in [6.45, 7) is 3.72. The molecule has 108 valence electrons. The lowest BCUT2D eigenvalue weighted by Crippen LogP contribution is -2.10. The summed E-state index contributed by atoms with van der Waals surface area (Å²) >= 11 is 0. The van der Waals surface area contributed by atoms with Crippen molar-refractivity contribution >= 4 is 11.7 Å². The summed E-state index contributed by atoms with van der Waals surface area (Å²) in [5.41, 5.74) is 1.67. The summed E-state index contributed by atoms with van der Waals surface area (Å²) in [5, 5.41) is 10.8. The Bertz CT molecular complexity index is 728. The van der Waals surface area contributed by atoms with Crippen LogP contribution in [0.4, 0.5) is 10.1 Å². The van der Waals surface area contributed by atoms with E-state index in [2.05, 4.69) is 0 Å². The molecule has 0 N–H and O–H groups in total. The molecule has 0 heterocycles. The monoisotopic (exact) mass is 289 g/mol. The molecular formula is C15H12FNO4. The molecule has 0 radical (unpaired) electrons. The number of esters is 1.